The summed E-state index contributed by atoms with van der Waals surface area (Å²) >= 11 is 0. The summed E-state index contributed by atoms with van der Waals surface area (Å²) in [5.41, 5.74) is 6.24. The maximum absolute atomic E-state index is 13.9. The van der Waals surface area contributed by atoms with Crippen LogP contribution in [0, 0.1) is 25.6 Å². The number of aliphatic carboxylic acids is 1. The molecular formula is C31H40FN5O3. The van der Waals surface area contributed by atoms with Crippen molar-refractivity contribution in [3.63, 3.8) is 0 Å². The minimum absolute atomic E-state index is 0.0625. The van der Waals surface area contributed by atoms with E-state index in [0.29, 0.717) is 41.9 Å². The first kappa shape index (κ1) is 30.7. The largest absolute Gasteiger partial charge is 0.481 e. The summed E-state index contributed by atoms with van der Waals surface area (Å²) in [6.07, 6.45) is 3.92. The summed E-state index contributed by atoms with van der Waals surface area (Å²) in [5, 5.41) is 10.7. The molecule has 214 valence electrons. The molecule has 2 aromatic rings. The number of aryl methyl sites for hydroxylation is 2. The van der Waals surface area contributed by atoms with Crippen LogP contribution in [-0.4, -0.2) is 53.1 Å². The van der Waals surface area contributed by atoms with Gasteiger partial charge in [-0.15, -0.1) is 0 Å². The highest BCUT2D eigenvalue weighted by molar-refractivity contribution is 6.00. The van der Waals surface area contributed by atoms with E-state index in [1.54, 1.807) is 18.2 Å². The molecule has 1 heterocycles. The molecule has 1 aliphatic heterocycles. The second kappa shape index (κ2) is 14.0. The molecule has 0 radical (unpaired) electrons. The van der Waals surface area contributed by atoms with Crippen LogP contribution < -0.4 is 11.7 Å². The van der Waals surface area contributed by atoms with Gasteiger partial charge in [0.1, 0.15) is 5.82 Å². The number of halogens is 1. The molecule has 8 nitrogen and oxygen atoms in total. The molecule has 3 rings (SSSR count). The molecule has 0 spiro atoms. The van der Waals surface area contributed by atoms with Gasteiger partial charge in [-0.3, -0.25) is 4.79 Å². The molecule has 0 bridgehead atoms. The van der Waals surface area contributed by atoms with Crippen LogP contribution in [0.25, 0.3) is 11.4 Å². The summed E-state index contributed by atoms with van der Waals surface area (Å²) in [6.45, 7) is 17.1. The summed E-state index contributed by atoms with van der Waals surface area (Å²) in [4.78, 5) is 23.1. The number of nitrogens with zero attached hydrogens (tertiary/aromatic N) is 3. The van der Waals surface area contributed by atoms with Crippen LogP contribution in [0.5, 0.6) is 0 Å². The Morgan fingerprint density at radius 3 is 2.40 bits per heavy atom. The molecule has 0 saturated carbocycles. The number of nitrogens with two attached hydrogens (primary N) is 2. The van der Waals surface area contributed by atoms with Gasteiger partial charge in [0.05, 0.1) is 17.3 Å². The van der Waals surface area contributed by atoms with Crippen LogP contribution in [0.15, 0.2) is 66.2 Å². The fourth-order valence-electron chi connectivity index (χ4n) is 4.97. The molecule has 40 heavy (non-hydrogen) atoms. The zero-order valence-corrected chi connectivity index (χ0v) is 23.6. The van der Waals surface area contributed by atoms with Crippen LogP contribution in [0.3, 0.4) is 0 Å². The average Bonchev–Trinajstić information content (AvgIpc) is 2.93. The Morgan fingerprint density at radius 1 is 1.20 bits per heavy atom. The molecule has 0 atom stereocenters. The Morgan fingerprint density at radius 2 is 1.85 bits per heavy atom. The topological polar surface area (TPSA) is 117 Å². The van der Waals surface area contributed by atoms with Crippen molar-refractivity contribution in [2.75, 3.05) is 26.2 Å². The molecule has 1 fully saturated rings. The minimum Gasteiger partial charge on any atom is -0.481 e. The van der Waals surface area contributed by atoms with E-state index < -0.39 is 5.97 Å². The van der Waals surface area contributed by atoms with E-state index >= 15 is 0 Å². The monoisotopic (exact) mass is 549 g/mol. The van der Waals surface area contributed by atoms with Gasteiger partial charge in [0, 0.05) is 29.8 Å². The molecule has 9 heteroatoms. The lowest BCUT2D eigenvalue weighted by Gasteiger charge is -2.30. The molecule has 1 aliphatic rings. The van der Waals surface area contributed by atoms with E-state index in [4.69, 9.17) is 16.6 Å². The maximum atomic E-state index is 13.9. The molecule has 2 aromatic carbocycles. The van der Waals surface area contributed by atoms with Crippen molar-refractivity contribution in [1.29, 1.82) is 0 Å². The standard InChI is InChI=1S/C31H40FN5O3/c1-6-37(33)29(25-8-7-9-27(32)19-25)18-22(4)30(40-34)35-23(5)26-16-20(2)28(21(3)17-26)12-15-36-13-10-24(11-14-36)31(38)39/h7-9,16-19,24H,4-6,10-15,33-34H2,1-3H3,(H,38,39)/b29-18-,35-30-. The zero-order chi connectivity index (χ0) is 29.4. The lowest BCUT2D eigenvalue weighted by molar-refractivity contribution is -0.143. The first-order chi connectivity index (χ1) is 19.0. The van der Waals surface area contributed by atoms with Gasteiger partial charge in [0.2, 0.25) is 5.90 Å². The highest BCUT2D eigenvalue weighted by Gasteiger charge is 2.24. The molecule has 0 aliphatic carbocycles. The first-order valence-corrected chi connectivity index (χ1v) is 13.4. The van der Waals surface area contributed by atoms with Crippen LogP contribution in [0.1, 0.15) is 47.6 Å². The van der Waals surface area contributed by atoms with Gasteiger partial charge in [-0.05, 0) is 100 Å². The van der Waals surface area contributed by atoms with E-state index in [1.807, 2.05) is 19.1 Å². The molecule has 5 N–H and O–H groups in total. The summed E-state index contributed by atoms with van der Waals surface area (Å²) < 4.78 is 13.9. The summed E-state index contributed by atoms with van der Waals surface area (Å²) in [5.74, 6) is 10.5. The Bertz CT molecular complexity index is 1290. The van der Waals surface area contributed by atoms with Gasteiger partial charge < -0.3 is 19.9 Å². The number of hydrazine groups is 1. The number of benzene rings is 2. The third-order valence-corrected chi connectivity index (χ3v) is 7.35. The number of hydrogen-bond acceptors (Lipinski definition) is 7. The van der Waals surface area contributed by atoms with Crippen molar-refractivity contribution >= 4 is 23.3 Å². The number of carboxylic acid groups (broad SMARTS) is 1. The Balaban J connectivity index is 1.76. The van der Waals surface area contributed by atoms with E-state index in [9.17, 15) is 14.3 Å². The lowest BCUT2D eigenvalue weighted by Crippen LogP contribution is -2.37. The van der Waals surface area contributed by atoms with Crippen molar-refractivity contribution in [3.05, 3.63) is 94.8 Å². The van der Waals surface area contributed by atoms with Gasteiger partial charge in [0.25, 0.3) is 0 Å². The number of aliphatic imine (C=N–C) groups is 1. The van der Waals surface area contributed by atoms with Gasteiger partial charge in [-0.25, -0.2) is 15.2 Å². The first-order valence-electron chi connectivity index (χ1n) is 13.4. The second-order valence-electron chi connectivity index (χ2n) is 10.1. The average molecular weight is 550 g/mol. The molecule has 0 unspecified atom stereocenters. The van der Waals surface area contributed by atoms with E-state index in [-0.39, 0.29) is 17.6 Å². The van der Waals surface area contributed by atoms with Crippen molar-refractivity contribution in [3.8, 4) is 0 Å². The number of carbonyl (C=O) groups is 1. The van der Waals surface area contributed by atoms with Gasteiger partial charge in [0.15, 0.2) is 0 Å². The summed E-state index contributed by atoms with van der Waals surface area (Å²) in [7, 11) is 0. The highest BCUT2D eigenvalue weighted by Crippen LogP contribution is 2.25. The molecule has 0 aromatic heterocycles. The fourth-order valence-corrected chi connectivity index (χ4v) is 4.97. The number of rotatable bonds is 11. The number of likely N-dealkylation sites (tertiary alicyclic amines) is 1. The molecule has 1 saturated heterocycles. The van der Waals surface area contributed by atoms with Crippen molar-refractivity contribution < 1.29 is 19.1 Å². The molecule has 0 amide bonds. The van der Waals surface area contributed by atoms with Gasteiger partial charge in [-0.1, -0.05) is 25.3 Å². The number of piperidine rings is 1. The van der Waals surface area contributed by atoms with Crippen LogP contribution in [-0.2, 0) is 16.1 Å². The SMILES string of the molecule is C=C(/C=C(/c1cccc(F)c1)N(N)CC)/C(=N/C(=C)c1cc(C)c(CCN2CCC(C(=O)O)CC2)c(C)c1)ON. The van der Waals surface area contributed by atoms with E-state index in [2.05, 4.69) is 36.9 Å². The smallest absolute Gasteiger partial charge is 0.306 e. The van der Waals surface area contributed by atoms with Crippen molar-refractivity contribution in [1.82, 2.24) is 9.91 Å². The predicted octanol–water partition coefficient (Wildman–Crippen LogP) is 4.83. The van der Waals surface area contributed by atoms with Gasteiger partial charge >= 0.3 is 5.97 Å². The Kier molecular flexibility index (Phi) is 10.8. The van der Waals surface area contributed by atoms with Crippen molar-refractivity contribution in [2.24, 2.45) is 22.6 Å². The fraction of sp³-hybridized carbons (Fsp3) is 0.355. The minimum atomic E-state index is -0.693. The third-order valence-electron chi connectivity index (χ3n) is 7.35. The second-order valence-corrected chi connectivity index (χ2v) is 10.1. The Hall–Kier alpha value is -3.79. The molecular weight excluding hydrogens is 509 g/mol. The van der Waals surface area contributed by atoms with E-state index in [0.717, 1.165) is 42.7 Å². The number of carboxylic acids is 1. The summed E-state index contributed by atoms with van der Waals surface area (Å²) in [6, 6.07) is 10.2. The van der Waals surface area contributed by atoms with Crippen molar-refractivity contribution in [2.45, 2.75) is 40.0 Å². The lowest BCUT2D eigenvalue weighted by atomic mass is 9.94. The third kappa shape index (κ3) is 7.88. The highest BCUT2D eigenvalue weighted by atomic mass is 19.1. The van der Waals surface area contributed by atoms with Gasteiger partial charge in [-0.2, -0.15) is 5.90 Å². The van der Waals surface area contributed by atoms with Crippen LogP contribution in [0.4, 0.5) is 4.39 Å². The zero-order valence-electron chi connectivity index (χ0n) is 23.6. The maximum Gasteiger partial charge on any atom is 0.306 e. The van der Waals surface area contributed by atoms with E-state index in [1.165, 1.54) is 22.7 Å². The quantitative estimate of drug-likeness (QED) is 0.121. The van der Waals surface area contributed by atoms with Crippen LogP contribution in [0.2, 0.25) is 0 Å². The normalized spacial score (nSPS) is 15.2. The number of hydrogen-bond donors (Lipinski definition) is 3. The predicted molar refractivity (Wildman–Crippen MR) is 158 cm³/mol. The van der Waals surface area contributed by atoms with Crippen LogP contribution >= 0.6 is 0 Å². The Labute approximate surface area is 236 Å².